The summed E-state index contributed by atoms with van der Waals surface area (Å²) in [6, 6.07) is 0. The van der Waals surface area contributed by atoms with E-state index in [1.54, 1.807) is 47.0 Å². The van der Waals surface area contributed by atoms with Crippen molar-refractivity contribution in [1.29, 1.82) is 0 Å². The Bertz CT molecular complexity index is 2020. The molecule has 10 atom stereocenters. The number of oxime groups is 1. The first-order valence-corrected chi connectivity index (χ1v) is 19.5. The Hall–Kier alpha value is -5.16. The number of carbonyl (C=O) groups is 3. The van der Waals surface area contributed by atoms with Crippen LogP contribution < -0.4 is 10.1 Å². The van der Waals surface area contributed by atoms with Gasteiger partial charge < -0.3 is 59.4 Å². The van der Waals surface area contributed by atoms with Crippen LogP contribution in [0.4, 0.5) is 5.69 Å². The second kappa shape index (κ2) is 19.3. The highest BCUT2D eigenvalue weighted by Gasteiger charge is 2.50. The van der Waals surface area contributed by atoms with E-state index in [0.29, 0.717) is 6.42 Å². The average molecular weight is 827 g/mol. The number of benzene rings is 2. The summed E-state index contributed by atoms with van der Waals surface area (Å²) in [5.41, 5.74) is -0.670. The van der Waals surface area contributed by atoms with Gasteiger partial charge in [-0.3, -0.25) is 14.4 Å². The molecule has 0 radical (unpaired) electrons. The molecule has 0 saturated carbocycles. The number of aliphatic hydroxyl groups is 2. The van der Waals surface area contributed by atoms with Crippen LogP contribution in [0.2, 0.25) is 0 Å². The minimum absolute atomic E-state index is 0.0265. The zero-order valence-corrected chi connectivity index (χ0v) is 35.4. The van der Waals surface area contributed by atoms with E-state index in [9.17, 15) is 39.9 Å². The van der Waals surface area contributed by atoms with Crippen LogP contribution in [0.3, 0.4) is 0 Å². The van der Waals surface area contributed by atoms with Gasteiger partial charge in [-0.1, -0.05) is 51.1 Å². The third kappa shape index (κ3) is 9.67. The fourth-order valence-corrected chi connectivity index (χ4v) is 7.35. The molecule has 16 nitrogen and oxygen atoms in total. The first kappa shape index (κ1) is 46.5. The molecule has 16 heteroatoms. The van der Waals surface area contributed by atoms with Gasteiger partial charge in [0.2, 0.25) is 0 Å². The Morgan fingerprint density at radius 2 is 1.66 bits per heavy atom. The molecular formula is C43H58N2O14. The lowest BCUT2D eigenvalue weighted by atomic mass is 9.78. The lowest BCUT2D eigenvalue weighted by Gasteiger charge is -2.38. The fraction of sp³-hybridized carbons (Fsp3) is 0.535. The number of hydrogen-bond acceptors (Lipinski definition) is 15. The number of amides is 1. The monoisotopic (exact) mass is 826 g/mol. The maximum Gasteiger partial charge on any atom is 0.312 e. The molecule has 3 heterocycles. The number of aromatic hydroxyl groups is 3. The lowest BCUT2D eigenvalue weighted by Crippen LogP contribution is -2.46. The van der Waals surface area contributed by atoms with E-state index in [0.717, 1.165) is 6.21 Å². The first-order chi connectivity index (χ1) is 27.7. The summed E-state index contributed by atoms with van der Waals surface area (Å²) in [6.45, 7) is 14.3. The predicted molar refractivity (Wildman–Crippen MR) is 218 cm³/mol. The average Bonchev–Trinajstić information content (AvgIpc) is 3.46. The summed E-state index contributed by atoms with van der Waals surface area (Å²) in [7, 11) is 2.97. The third-order valence-electron chi connectivity index (χ3n) is 11.3. The Labute approximate surface area is 344 Å². The largest absolute Gasteiger partial charge is 0.507 e. The number of phenols is 3. The summed E-state index contributed by atoms with van der Waals surface area (Å²) in [4.78, 5) is 45.7. The lowest BCUT2D eigenvalue weighted by molar-refractivity contribution is -0.160. The molecule has 3 aliphatic heterocycles. The zero-order valence-electron chi connectivity index (χ0n) is 35.4. The predicted octanol–water partition coefficient (Wildman–Crippen LogP) is 5.53. The molecule has 324 valence electrons. The topological polar surface area (TPSA) is 232 Å². The first-order valence-electron chi connectivity index (χ1n) is 19.5. The SMILES string of the molecule is COC(C)CCO/N=C/c1c2c(O)c3c(O)c(C)c4c(c3c1O)C(=O)C(C)(O/C=C/C(OC)C(C)C(OC(C)=O)C(C)C(O)C(C)C(O)C(C)/C=C/C=C(/C)C(=O)N2)O4. The molecule has 5 bridgehead atoms. The Morgan fingerprint density at radius 3 is 2.29 bits per heavy atom. The number of rotatable bonds is 8. The number of Topliss-reactive ketones (excluding diaryl/α,β-unsaturated/α-hetero) is 1. The molecule has 0 fully saturated rings. The number of aliphatic hydroxyl groups excluding tert-OH is 2. The van der Waals surface area contributed by atoms with E-state index in [1.165, 1.54) is 53.2 Å². The highest BCUT2D eigenvalue weighted by molar-refractivity contribution is 6.23. The fourth-order valence-electron chi connectivity index (χ4n) is 7.35. The van der Waals surface area contributed by atoms with Gasteiger partial charge in [0.15, 0.2) is 5.75 Å². The van der Waals surface area contributed by atoms with Crippen LogP contribution >= 0.6 is 0 Å². The van der Waals surface area contributed by atoms with Crippen LogP contribution in [0.5, 0.6) is 23.0 Å². The number of ether oxygens (including phenoxy) is 5. The molecular weight excluding hydrogens is 768 g/mol. The standard InChI is InChI=1S/C43H58N2O14/c1-20-13-12-14-21(2)42(53)45-33-28(19-44-57-18-15-22(3)54-10)37(50)30-31(38(33)51)36(49)26(7)40-32(30)41(52)43(9,59-40)56-17-16-29(55-11)23(4)39(58-27(8)46)25(6)35(48)24(5)34(20)47/h12-14,16-17,19-20,22-25,29,34-35,39,47-51H,15,18H2,1-11H3,(H,45,53)/b13-12+,17-16+,21-14-,44-19+. The van der Waals surface area contributed by atoms with Crippen LogP contribution in [0.15, 0.2) is 41.3 Å². The number of hydrogen-bond donors (Lipinski definition) is 6. The molecule has 0 aliphatic carbocycles. The van der Waals surface area contributed by atoms with Crippen molar-refractivity contribution in [3.05, 3.63) is 52.8 Å². The Balaban J connectivity index is 1.95. The van der Waals surface area contributed by atoms with Gasteiger partial charge in [0.1, 0.15) is 30.0 Å². The van der Waals surface area contributed by atoms with Crippen molar-refractivity contribution >= 4 is 40.3 Å². The van der Waals surface area contributed by atoms with Gasteiger partial charge in [0.25, 0.3) is 11.7 Å². The molecule has 3 aliphatic rings. The summed E-state index contributed by atoms with van der Waals surface area (Å²) < 4.78 is 28.7. The zero-order chi connectivity index (χ0) is 44.1. The summed E-state index contributed by atoms with van der Waals surface area (Å²) in [5.74, 6) is -8.73. The highest BCUT2D eigenvalue weighted by Crippen LogP contribution is 2.55. The van der Waals surface area contributed by atoms with Crippen molar-refractivity contribution in [3.8, 4) is 23.0 Å². The number of esters is 1. The molecule has 0 saturated heterocycles. The second-order valence-corrected chi connectivity index (χ2v) is 15.5. The van der Waals surface area contributed by atoms with E-state index in [-0.39, 0.29) is 57.2 Å². The van der Waals surface area contributed by atoms with E-state index in [4.69, 9.17) is 28.5 Å². The number of fused-ring (bicyclic) bond motifs is 14. The van der Waals surface area contributed by atoms with Crippen molar-refractivity contribution in [1.82, 2.24) is 0 Å². The van der Waals surface area contributed by atoms with E-state index in [2.05, 4.69) is 10.5 Å². The molecule has 0 aromatic heterocycles. The number of phenolic OH excluding ortho intramolecular Hbond substituents is 3. The van der Waals surface area contributed by atoms with Gasteiger partial charge in [-0.2, -0.15) is 0 Å². The summed E-state index contributed by atoms with van der Waals surface area (Å²) in [6.07, 6.45) is 4.78. The molecule has 5 rings (SSSR count). The smallest absolute Gasteiger partial charge is 0.312 e. The van der Waals surface area contributed by atoms with Gasteiger partial charge in [0, 0.05) is 74.7 Å². The van der Waals surface area contributed by atoms with Gasteiger partial charge in [-0.25, -0.2) is 0 Å². The maximum atomic E-state index is 14.4. The second-order valence-electron chi connectivity index (χ2n) is 15.5. The minimum atomic E-state index is -2.07. The third-order valence-corrected chi connectivity index (χ3v) is 11.3. The Kier molecular flexibility index (Phi) is 15.2. The van der Waals surface area contributed by atoms with Crippen molar-refractivity contribution in [3.63, 3.8) is 0 Å². The van der Waals surface area contributed by atoms with Crippen LogP contribution in [0, 0.1) is 30.6 Å². The number of nitrogens with zero attached hydrogens (tertiary/aromatic N) is 1. The summed E-state index contributed by atoms with van der Waals surface area (Å²) in [5, 5.41) is 64.0. The number of ketones is 1. The highest BCUT2D eigenvalue weighted by atomic mass is 16.7. The van der Waals surface area contributed by atoms with Crippen LogP contribution in [0.1, 0.15) is 83.3 Å². The van der Waals surface area contributed by atoms with Crippen molar-refractivity contribution in [2.75, 3.05) is 26.1 Å². The Morgan fingerprint density at radius 1 is 0.983 bits per heavy atom. The van der Waals surface area contributed by atoms with Crippen LogP contribution in [-0.2, 0) is 33.4 Å². The molecule has 0 spiro atoms. The molecule has 10 unspecified atom stereocenters. The van der Waals surface area contributed by atoms with Gasteiger partial charge in [-0.15, -0.1) is 0 Å². The molecule has 2 aromatic carbocycles. The minimum Gasteiger partial charge on any atom is -0.507 e. The number of carbonyl (C=O) groups excluding carboxylic acids is 3. The van der Waals surface area contributed by atoms with E-state index in [1.807, 2.05) is 6.92 Å². The molecule has 6 N–H and O–H groups in total. The molecule has 59 heavy (non-hydrogen) atoms. The maximum absolute atomic E-state index is 14.4. The van der Waals surface area contributed by atoms with Crippen molar-refractivity contribution in [2.45, 2.75) is 105 Å². The normalized spacial score (nSPS) is 30.6. The molecule has 2 aromatic rings. The van der Waals surface area contributed by atoms with E-state index >= 15 is 0 Å². The number of methoxy groups -OCH3 is 2. The number of nitrogens with one attached hydrogen (secondary N) is 1. The van der Waals surface area contributed by atoms with Crippen LogP contribution in [0.25, 0.3) is 10.8 Å². The van der Waals surface area contributed by atoms with E-state index < -0.39 is 88.8 Å². The van der Waals surface area contributed by atoms with Crippen molar-refractivity contribution < 1.29 is 68.4 Å². The van der Waals surface area contributed by atoms with Crippen molar-refractivity contribution in [2.24, 2.45) is 28.8 Å². The number of anilines is 1. The quantitative estimate of drug-likeness (QED) is 0.0480. The number of allylic oxidation sites excluding steroid dienone is 2. The van der Waals surface area contributed by atoms with Crippen LogP contribution in [-0.4, -0.2) is 107 Å². The van der Waals surface area contributed by atoms with Gasteiger partial charge >= 0.3 is 11.8 Å². The summed E-state index contributed by atoms with van der Waals surface area (Å²) >= 11 is 0. The van der Waals surface area contributed by atoms with Gasteiger partial charge in [0.05, 0.1) is 59.1 Å². The van der Waals surface area contributed by atoms with Gasteiger partial charge in [-0.05, 0) is 26.8 Å². The molecule has 1 amide bonds.